The van der Waals surface area contributed by atoms with Gasteiger partial charge in [-0.3, -0.25) is 19.4 Å². The summed E-state index contributed by atoms with van der Waals surface area (Å²) in [6, 6.07) is 27.0. The van der Waals surface area contributed by atoms with Crippen molar-refractivity contribution >= 4 is 46.9 Å². The zero-order chi connectivity index (χ0) is 26.7. The van der Waals surface area contributed by atoms with Crippen LogP contribution in [-0.2, 0) is 9.59 Å². The molecule has 0 aliphatic heterocycles. The number of pyridine rings is 1. The topological polar surface area (TPSA) is 100 Å². The Bertz CT molecular complexity index is 1460. The highest BCUT2D eigenvalue weighted by atomic mass is 32.2. The maximum absolute atomic E-state index is 13.2. The molecule has 1 aromatic heterocycles. The molecule has 0 saturated heterocycles. The van der Waals surface area contributed by atoms with E-state index in [4.69, 9.17) is 0 Å². The third-order valence-electron chi connectivity index (χ3n) is 5.29. The second-order valence-corrected chi connectivity index (χ2v) is 9.40. The zero-order valence-corrected chi connectivity index (χ0v) is 21.5. The fourth-order valence-corrected chi connectivity index (χ4v) is 4.26. The first kappa shape index (κ1) is 26.4. The van der Waals surface area contributed by atoms with Gasteiger partial charge < -0.3 is 16.0 Å². The molecule has 4 aromatic rings. The van der Waals surface area contributed by atoms with E-state index in [1.54, 1.807) is 73.1 Å². The molecule has 8 heteroatoms. The molecule has 4 rings (SSSR count). The highest BCUT2D eigenvalue weighted by Gasteiger charge is 2.15. The van der Waals surface area contributed by atoms with Crippen molar-refractivity contribution in [2.75, 3.05) is 16.4 Å². The van der Waals surface area contributed by atoms with Crippen molar-refractivity contribution in [3.8, 4) is 0 Å². The van der Waals surface area contributed by atoms with Gasteiger partial charge in [-0.1, -0.05) is 42.5 Å². The molecule has 7 nitrogen and oxygen atoms in total. The van der Waals surface area contributed by atoms with Gasteiger partial charge in [-0.15, -0.1) is 11.8 Å². The summed E-state index contributed by atoms with van der Waals surface area (Å²) in [5, 5.41) is 8.43. The van der Waals surface area contributed by atoms with Crippen molar-refractivity contribution in [2.24, 2.45) is 0 Å². The number of thioether (sulfide) groups is 1. The fraction of sp³-hybridized carbons (Fsp3) is 0.0667. The number of nitrogens with zero attached hydrogens (tertiary/aromatic N) is 1. The van der Waals surface area contributed by atoms with Gasteiger partial charge in [0.05, 0.1) is 5.75 Å². The Hall–Kier alpha value is -4.69. The number of benzene rings is 3. The van der Waals surface area contributed by atoms with E-state index in [2.05, 4.69) is 20.9 Å². The van der Waals surface area contributed by atoms with Crippen LogP contribution in [0.5, 0.6) is 0 Å². The second kappa shape index (κ2) is 13.0. The van der Waals surface area contributed by atoms with Gasteiger partial charge in [-0.25, -0.2) is 0 Å². The molecular weight excluding hydrogens is 496 g/mol. The molecule has 0 spiro atoms. The number of nitrogens with one attached hydrogen (secondary N) is 3. The van der Waals surface area contributed by atoms with E-state index >= 15 is 0 Å². The van der Waals surface area contributed by atoms with E-state index < -0.39 is 11.8 Å². The van der Waals surface area contributed by atoms with Crippen LogP contribution < -0.4 is 16.0 Å². The van der Waals surface area contributed by atoms with Crippen LogP contribution >= 0.6 is 11.8 Å². The van der Waals surface area contributed by atoms with Crippen LogP contribution in [0.15, 0.2) is 114 Å². The van der Waals surface area contributed by atoms with Crippen LogP contribution in [0.25, 0.3) is 6.08 Å². The standard InChI is InChI=1S/C30H26N4O3S/c1-21-8-5-12-24(16-21)32-28(35)20-38-26-14-6-13-25(18-26)33-30(37)27(17-22-9-7-15-31-19-22)34-29(36)23-10-3-2-4-11-23/h2-19H,20H2,1H3,(H,32,35)(H,33,37)(H,34,36)/b27-17-. The third kappa shape index (κ3) is 7.91. The molecule has 0 saturated carbocycles. The average Bonchev–Trinajstić information content (AvgIpc) is 2.93. The van der Waals surface area contributed by atoms with Gasteiger partial charge in [0.1, 0.15) is 5.70 Å². The monoisotopic (exact) mass is 522 g/mol. The number of anilines is 2. The predicted molar refractivity (Wildman–Crippen MR) is 152 cm³/mol. The molecule has 0 fully saturated rings. The highest BCUT2D eigenvalue weighted by Crippen LogP contribution is 2.22. The molecule has 3 amide bonds. The lowest BCUT2D eigenvalue weighted by atomic mass is 10.2. The molecular formula is C30H26N4O3S. The van der Waals surface area contributed by atoms with Gasteiger partial charge in [0.15, 0.2) is 0 Å². The predicted octanol–water partition coefficient (Wildman–Crippen LogP) is 5.53. The minimum Gasteiger partial charge on any atom is -0.325 e. The van der Waals surface area contributed by atoms with Crippen LogP contribution in [0.4, 0.5) is 11.4 Å². The van der Waals surface area contributed by atoms with Gasteiger partial charge in [-0.05, 0) is 72.7 Å². The lowest BCUT2D eigenvalue weighted by Gasteiger charge is -2.12. The van der Waals surface area contributed by atoms with E-state index in [9.17, 15) is 14.4 Å². The molecule has 0 unspecified atom stereocenters. The summed E-state index contributed by atoms with van der Waals surface area (Å²) >= 11 is 1.36. The summed E-state index contributed by atoms with van der Waals surface area (Å²) in [6.07, 6.45) is 4.79. The maximum atomic E-state index is 13.2. The Morgan fingerprint density at radius 3 is 2.34 bits per heavy atom. The SMILES string of the molecule is Cc1cccc(NC(=O)CSc2cccc(NC(=O)/C(=C/c3cccnc3)NC(=O)c3ccccc3)c2)c1. The van der Waals surface area contributed by atoms with Crippen LogP contribution in [0, 0.1) is 6.92 Å². The summed E-state index contributed by atoms with van der Waals surface area (Å²) in [4.78, 5) is 43.2. The van der Waals surface area contributed by atoms with Crippen LogP contribution in [0.2, 0.25) is 0 Å². The summed E-state index contributed by atoms with van der Waals surface area (Å²) in [7, 11) is 0. The number of amides is 3. The Labute approximate surface area is 225 Å². The molecule has 0 aliphatic carbocycles. The van der Waals surface area contributed by atoms with Crippen molar-refractivity contribution < 1.29 is 14.4 Å². The molecule has 1 heterocycles. The number of hydrogen-bond donors (Lipinski definition) is 3. The van der Waals surface area contributed by atoms with E-state index in [1.165, 1.54) is 11.8 Å². The Morgan fingerprint density at radius 2 is 1.61 bits per heavy atom. The highest BCUT2D eigenvalue weighted by molar-refractivity contribution is 8.00. The first-order valence-electron chi connectivity index (χ1n) is 11.8. The van der Waals surface area contributed by atoms with Crippen molar-refractivity contribution in [2.45, 2.75) is 11.8 Å². The molecule has 190 valence electrons. The number of rotatable bonds is 9. The minimum absolute atomic E-state index is 0.0717. The first-order chi connectivity index (χ1) is 18.5. The second-order valence-electron chi connectivity index (χ2n) is 8.35. The van der Waals surface area contributed by atoms with Crippen molar-refractivity contribution in [3.05, 3.63) is 126 Å². The minimum atomic E-state index is -0.488. The summed E-state index contributed by atoms with van der Waals surface area (Å²) in [6.45, 7) is 1.97. The molecule has 0 radical (unpaired) electrons. The van der Waals surface area contributed by atoms with Crippen molar-refractivity contribution in [1.29, 1.82) is 0 Å². The van der Waals surface area contributed by atoms with Crippen LogP contribution in [0.3, 0.4) is 0 Å². The van der Waals surface area contributed by atoms with Crippen LogP contribution in [0.1, 0.15) is 21.5 Å². The first-order valence-corrected chi connectivity index (χ1v) is 12.8. The number of aromatic nitrogens is 1. The summed E-state index contributed by atoms with van der Waals surface area (Å²) < 4.78 is 0. The van der Waals surface area contributed by atoms with Gasteiger partial charge >= 0.3 is 0 Å². The zero-order valence-electron chi connectivity index (χ0n) is 20.7. The number of carbonyl (C=O) groups is 3. The average molecular weight is 523 g/mol. The van der Waals surface area contributed by atoms with E-state index in [0.717, 1.165) is 16.1 Å². The Morgan fingerprint density at radius 1 is 0.842 bits per heavy atom. The van der Waals surface area contributed by atoms with Crippen molar-refractivity contribution in [3.63, 3.8) is 0 Å². The quantitative estimate of drug-likeness (QED) is 0.198. The Kier molecular flexibility index (Phi) is 9.04. The van der Waals surface area contributed by atoms with E-state index in [0.29, 0.717) is 16.8 Å². The number of hydrogen-bond acceptors (Lipinski definition) is 5. The number of aryl methyl sites for hydroxylation is 1. The molecule has 3 aromatic carbocycles. The summed E-state index contributed by atoms with van der Waals surface area (Å²) in [5.41, 5.74) is 3.51. The van der Waals surface area contributed by atoms with Crippen molar-refractivity contribution in [1.82, 2.24) is 10.3 Å². The van der Waals surface area contributed by atoms with Gasteiger partial charge in [0.25, 0.3) is 11.8 Å². The van der Waals surface area contributed by atoms with E-state index in [1.807, 2.05) is 43.3 Å². The van der Waals surface area contributed by atoms with Gasteiger partial charge in [0, 0.05) is 34.2 Å². The van der Waals surface area contributed by atoms with Gasteiger partial charge in [-0.2, -0.15) is 0 Å². The third-order valence-corrected chi connectivity index (χ3v) is 6.28. The molecule has 3 N–H and O–H groups in total. The summed E-state index contributed by atoms with van der Waals surface area (Å²) in [5.74, 6) is -0.803. The number of carbonyl (C=O) groups excluding carboxylic acids is 3. The normalized spacial score (nSPS) is 10.9. The molecule has 0 atom stereocenters. The molecule has 0 bridgehead atoms. The fourth-order valence-electron chi connectivity index (χ4n) is 3.50. The Balaban J connectivity index is 1.43. The maximum Gasteiger partial charge on any atom is 0.272 e. The van der Waals surface area contributed by atoms with Gasteiger partial charge in [0.2, 0.25) is 5.91 Å². The lowest BCUT2D eigenvalue weighted by molar-refractivity contribution is -0.114. The lowest BCUT2D eigenvalue weighted by Crippen LogP contribution is -2.30. The van der Waals surface area contributed by atoms with E-state index in [-0.39, 0.29) is 17.4 Å². The largest absolute Gasteiger partial charge is 0.325 e. The van der Waals surface area contributed by atoms with Crippen LogP contribution in [-0.4, -0.2) is 28.5 Å². The smallest absolute Gasteiger partial charge is 0.272 e. The molecule has 0 aliphatic rings. The molecule has 38 heavy (non-hydrogen) atoms.